The van der Waals surface area contributed by atoms with Crippen LogP contribution in [0.1, 0.15) is 39.5 Å². The molecule has 0 saturated heterocycles. The summed E-state index contributed by atoms with van der Waals surface area (Å²) in [6.07, 6.45) is 12.3. The van der Waals surface area contributed by atoms with Gasteiger partial charge < -0.3 is 15.9 Å². The van der Waals surface area contributed by atoms with Crippen LogP contribution in [0.15, 0.2) is 24.3 Å². The highest BCUT2D eigenvalue weighted by atomic mass is 16.3. The van der Waals surface area contributed by atoms with Crippen LogP contribution in [0.2, 0.25) is 0 Å². The highest BCUT2D eigenvalue weighted by Crippen LogP contribution is 2.63. The van der Waals surface area contributed by atoms with Crippen LogP contribution in [-0.2, 0) is 0 Å². The normalized spacial score (nSPS) is 59.8. The van der Waals surface area contributed by atoms with Gasteiger partial charge in [0.15, 0.2) is 0 Å². The zero-order chi connectivity index (χ0) is 15.7. The molecule has 3 heteroatoms. The second-order valence-corrected chi connectivity index (χ2v) is 8.68. The van der Waals surface area contributed by atoms with E-state index in [0.717, 1.165) is 19.3 Å². The highest BCUT2D eigenvalue weighted by molar-refractivity contribution is 5.25. The smallest absolute Gasteiger partial charge is 0.0727 e. The second kappa shape index (κ2) is 4.68. The van der Waals surface area contributed by atoms with Crippen molar-refractivity contribution in [2.45, 2.75) is 57.8 Å². The van der Waals surface area contributed by atoms with Gasteiger partial charge in [-0.2, -0.15) is 0 Å². The van der Waals surface area contributed by atoms with Crippen molar-refractivity contribution in [3.8, 4) is 0 Å². The van der Waals surface area contributed by atoms with Crippen molar-refractivity contribution in [3.05, 3.63) is 24.3 Å². The van der Waals surface area contributed by atoms with Gasteiger partial charge in [-0.05, 0) is 60.2 Å². The number of hydrogen-bond donors (Lipinski definition) is 3. The van der Waals surface area contributed by atoms with E-state index in [2.05, 4.69) is 32.1 Å². The van der Waals surface area contributed by atoms with Gasteiger partial charge in [0, 0.05) is 6.04 Å². The molecule has 0 aromatic carbocycles. The number of aliphatic hydroxyl groups is 2. The zero-order valence-electron chi connectivity index (χ0n) is 13.7. The fraction of sp³-hybridized carbons (Fsp3) is 0.789. The van der Waals surface area contributed by atoms with Crippen molar-refractivity contribution < 1.29 is 10.2 Å². The molecular weight excluding hydrogens is 274 g/mol. The molecule has 0 bridgehead atoms. The topological polar surface area (TPSA) is 66.5 Å². The lowest BCUT2D eigenvalue weighted by Gasteiger charge is -2.56. The first-order valence-electron chi connectivity index (χ1n) is 8.85. The molecule has 0 radical (unpaired) electrons. The average molecular weight is 303 g/mol. The van der Waals surface area contributed by atoms with Gasteiger partial charge in [-0.3, -0.25) is 0 Å². The van der Waals surface area contributed by atoms with Crippen molar-refractivity contribution in [3.63, 3.8) is 0 Å². The molecule has 4 N–H and O–H groups in total. The molecule has 4 aliphatic rings. The summed E-state index contributed by atoms with van der Waals surface area (Å²) >= 11 is 0. The van der Waals surface area contributed by atoms with Crippen molar-refractivity contribution in [2.24, 2.45) is 40.2 Å². The molecule has 0 amide bonds. The van der Waals surface area contributed by atoms with E-state index >= 15 is 0 Å². The van der Waals surface area contributed by atoms with Crippen LogP contribution in [-0.4, -0.2) is 28.5 Å². The third-order valence-electron chi connectivity index (χ3n) is 7.78. The van der Waals surface area contributed by atoms with Gasteiger partial charge in [0.25, 0.3) is 0 Å². The van der Waals surface area contributed by atoms with Crippen molar-refractivity contribution in [1.82, 2.24) is 0 Å². The van der Waals surface area contributed by atoms with Gasteiger partial charge in [0.1, 0.15) is 0 Å². The molecule has 0 aromatic heterocycles. The summed E-state index contributed by atoms with van der Waals surface area (Å²) in [7, 11) is 0. The number of rotatable bonds is 0. The maximum Gasteiger partial charge on any atom is 0.0727 e. The second-order valence-electron chi connectivity index (χ2n) is 8.68. The van der Waals surface area contributed by atoms with Crippen LogP contribution < -0.4 is 5.73 Å². The van der Waals surface area contributed by atoms with Crippen LogP contribution in [0.25, 0.3) is 0 Å². The minimum atomic E-state index is -0.351. The lowest BCUT2D eigenvalue weighted by molar-refractivity contribution is -0.0233. The third kappa shape index (κ3) is 1.79. The highest BCUT2D eigenvalue weighted by Gasteiger charge is 2.59. The summed E-state index contributed by atoms with van der Waals surface area (Å²) in [5.41, 5.74) is 6.58. The fourth-order valence-corrected chi connectivity index (χ4v) is 6.23. The summed E-state index contributed by atoms with van der Waals surface area (Å²) in [6, 6.07) is -0.0823. The Morgan fingerprint density at radius 3 is 2.59 bits per heavy atom. The summed E-state index contributed by atoms with van der Waals surface area (Å²) in [6.45, 7) is 4.66. The number of fused-ring (bicyclic) bond motifs is 5. The number of aliphatic hydroxyl groups excluding tert-OH is 2. The van der Waals surface area contributed by atoms with Crippen molar-refractivity contribution in [1.29, 1.82) is 0 Å². The Kier molecular flexibility index (Phi) is 3.18. The van der Waals surface area contributed by atoms with Gasteiger partial charge in [-0.1, -0.05) is 38.2 Å². The van der Waals surface area contributed by atoms with Crippen LogP contribution in [0.3, 0.4) is 0 Å². The van der Waals surface area contributed by atoms with E-state index in [4.69, 9.17) is 5.73 Å². The van der Waals surface area contributed by atoms with E-state index in [1.54, 1.807) is 0 Å². The molecule has 2 fully saturated rings. The van der Waals surface area contributed by atoms with Gasteiger partial charge in [-0.25, -0.2) is 0 Å². The predicted octanol–water partition coefficient (Wildman–Crippen LogP) is 2.24. The van der Waals surface area contributed by atoms with E-state index in [0.29, 0.717) is 23.7 Å². The molecule has 4 aliphatic carbocycles. The first kappa shape index (κ1) is 14.9. The largest absolute Gasteiger partial charge is 0.391 e. The molecule has 0 aromatic rings. The van der Waals surface area contributed by atoms with Gasteiger partial charge >= 0.3 is 0 Å². The SMILES string of the molecule is C[C@]12C=C[C@H](O)C[C@H]1C=C[C@@H]1[C@@H]2CC[C@]2(C)[C@H](N)[C@@H](O)C[C@@H]12. The maximum absolute atomic E-state index is 10.3. The molecule has 9 atom stereocenters. The fourth-order valence-electron chi connectivity index (χ4n) is 6.23. The Bertz CT molecular complexity index is 530. The Labute approximate surface area is 133 Å². The molecule has 0 heterocycles. The van der Waals surface area contributed by atoms with Crippen LogP contribution in [0.4, 0.5) is 0 Å². The summed E-state index contributed by atoms with van der Waals surface area (Å²) in [5, 5.41) is 20.3. The Morgan fingerprint density at radius 1 is 1.05 bits per heavy atom. The minimum Gasteiger partial charge on any atom is -0.391 e. The summed E-state index contributed by atoms with van der Waals surface area (Å²) < 4.78 is 0. The standard InChI is InChI=1S/C19H29NO2/c1-18-7-5-12(21)9-11(18)3-4-13-14(18)6-8-19(2)15(13)10-16(22)17(19)20/h3-5,7,11-17,21-22H,6,8-10,20H2,1-2H3/t11-,12+,13-,14+,15+,16+,17-,18+,19+/m1/s1. The quantitative estimate of drug-likeness (QED) is 0.601. The monoisotopic (exact) mass is 303 g/mol. The molecule has 3 nitrogen and oxygen atoms in total. The van der Waals surface area contributed by atoms with Gasteiger partial charge in [0.05, 0.1) is 12.2 Å². The first-order valence-corrected chi connectivity index (χ1v) is 8.85. The molecule has 0 spiro atoms. The number of hydrogen-bond acceptors (Lipinski definition) is 3. The Hall–Kier alpha value is -0.640. The summed E-state index contributed by atoms with van der Waals surface area (Å²) in [5.74, 6) is 2.06. The molecule has 2 saturated carbocycles. The lowest BCUT2D eigenvalue weighted by atomic mass is 9.48. The van der Waals surface area contributed by atoms with Crippen LogP contribution in [0.5, 0.6) is 0 Å². The minimum absolute atomic E-state index is 0.0754. The Balaban J connectivity index is 1.71. The molecular formula is C19H29NO2. The third-order valence-corrected chi connectivity index (χ3v) is 7.78. The van der Waals surface area contributed by atoms with E-state index in [-0.39, 0.29) is 29.1 Å². The van der Waals surface area contributed by atoms with E-state index < -0.39 is 0 Å². The molecule has 0 unspecified atom stereocenters. The first-order chi connectivity index (χ1) is 10.4. The molecule has 122 valence electrons. The van der Waals surface area contributed by atoms with E-state index in [9.17, 15) is 10.2 Å². The van der Waals surface area contributed by atoms with Crippen molar-refractivity contribution >= 4 is 0 Å². The van der Waals surface area contributed by atoms with Gasteiger partial charge in [0.2, 0.25) is 0 Å². The molecule has 4 rings (SSSR count). The van der Waals surface area contributed by atoms with Crippen molar-refractivity contribution in [2.75, 3.05) is 0 Å². The molecule has 22 heavy (non-hydrogen) atoms. The number of nitrogens with two attached hydrogens (primary N) is 1. The average Bonchev–Trinajstić information content (AvgIpc) is 2.72. The van der Waals surface area contributed by atoms with E-state index in [1.165, 1.54) is 6.42 Å². The molecule has 0 aliphatic heterocycles. The van der Waals surface area contributed by atoms with E-state index in [1.807, 2.05) is 6.08 Å². The lowest BCUT2D eigenvalue weighted by Crippen LogP contribution is -2.53. The Morgan fingerprint density at radius 2 is 1.82 bits per heavy atom. The maximum atomic E-state index is 10.3. The predicted molar refractivity (Wildman–Crippen MR) is 86.9 cm³/mol. The van der Waals surface area contributed by atoms with Crippen LogP contribution in [0, 0.1) is 34.5 Å². The summed E-state index contributed by atoms with van der Waals surface area (Å²) in [4.78, 5) is 0. The number of allylic oxidation sites excluding steroid dienone is 3. The zero-order valence-corrected chi connectivity index (χ0v) is 13.7. The van der Waals surface area contributed by atoms with Crippen LogP contribution >= 0.6 is 0 Å². The van der Waals surface area contributed by atoms with Gasteiger partial charge in [-0.15, -0.1) is 0 Å².